The number of rotatable bonds is 2. The van der Waals surface area contributed by atoms with E-state index in [1.807, 2.05) is 69.3 Å². The molecule has 1 unspecified atom stereocenters. The molecule has 0 saturated heterocycles. The monoisotopic (exact) mass is 279 g/mol. The number of aliphatic hydroxyl groups is 1. The lowest BCUT2D eigenvalue weighted by Gasteiger charge is -2.25. The van der Waals surface area contributed by atoms with Crippen molar-refractivity contribution in [2.75, 3.05) is 5.73 Å². The maximum atomic E-state index is 11.2. The summed E-state index contributed by atoms with van der Waals surface area (Å²) in [7, 11) is 0. The third-order valence-corrected chi connectivity index (χ3v) is 3.16. The van der Waals surface area contributed by atoms with Crippen molar-refractivity contribution in [1.82, 2.24) is 0 Å². The van der Waals surface area contributed by atoms with Crippen molar-refractivity contribution in [3.8, 4) is 11.8 Å². The van der Waals surface area contributed by atoms with Gasteiger partial charge in [-0.2, -0.15) is 0 Å². The van der Waals surface area contributed by atoms with Crippen LogP contribution in [0.3, 0.4) is 0 Å². The fourth-order valence-electron chi connectivity index (χ4n) is 2.08. The summed E-state index contributed by atoms with van der Waals surface area (Å²) in [6, 6.07) is 16.7. The molecule has 0 aliphatic heterocycles. The van der Waals surface area contributed by atoms with E-state index in [2.05, 4.69) is 11.8 Å². The number of hydrogen-bond acceptors (Lipinski definition) is 2. The summed E-state index contributed by atoms with van der Waals surface area (Å²) in [5.41, 5.74) is 6.33. The van der Waals surface area contributed by atoms with Gasteiger partial charge in [0, 0.05) is 22.2 Å². The van der Waals surface area contributed by atoms with E-state index in [4.69, 9.17) is 5.73 Å². The quantitative estimate of drug-likeness (QED) is 0.652. The molecule has 0 bridgehead atoms. The largest absolute Gasteiger partial charge is 0.398 e. The van der Waals surface area contributed by atoms with Crippen LogP contribution in [0.4, 0.5) is 5.69 Å². The van der Waals surface area contributed by atoms with E-state index in [9.17, 15) is 5.11 Å². The van der Waals surface area contributed by atoms with E-state index in [-0.39, 0.29) is 5.41 Å². The van der Waals surface area contributed by atoms with Crippen molar-refractivity contribution in [2.45, 2.75) is 26.4 Å². The Morgan fingerprint density at radius 1 is 0.857 bits per heavy atom. The van der Waals surface area contributed by atoms with Crippen molar-refractivity contribution in [1.29, 1.82) is 0 Å². The van der Waals surface area contributed by atoms with E-state index in [1.165, 1.54) is 0 Å². The van der Waals surface area contributed by atoms with Crippen LogP contribution in [0, 0.1) is 17.3 Å². The average molecular weight is 279 g/mol. The average Bonchev–Trinajstić information content (AvgIpc) is 2.45. The minimum Gasteiger partial charge on any atom is -0.398 e. The summed E-state index contributed by atoms with van der Waals surface area (Å²) in [5.74, 6) is 6.17. The first-order chi connectivity index (χ1) is 9.83. The van der Waals surface area contributed by atoms with Crippen molar-refractivity contribution in [3.05, 3.63) is 65.7 Å². The maximum absolute atomic E-state index is 11.2. The molecule has 0 aromatic heterocycles. The second-order valence-electron chi connectivity index (χ2n) is 6.16. The van der Waals surface area contributed by atoms with Crippen LogP contribution in [0.5, 0.6) is 0 Å². The van der Waals surface area contributed by atoms with Crippen LogP contribution >= 0.6 is 0 Å². The molecule has 2 nitrogen and oxygen atoms in total. The minimum atomic E-state index is -1.40. The molecular weight excluding hydrogens is 258 g/mol. The molecule has 0 amide bonds. The van der Waals surface area contributed by atoms with Gasteiger partial charge in [0.05, 0.1) is 0 Å². The molecule has 3 N–H and O–H groups in total. The molecule has 0 aliphatic rings. The highest BCUT2D eigenvalue weighted by Crippen LogP contribution is 2.33. The Morgan fingerprint density at radius 2 is 1.43 bits per heavy atom. The predicted molar refractivity (Wildman–Crippen MR) is 87.5 cm³/mol. The molecule has 1 atom stereocenters. The molecule has 2 aromatic rings. The van der Waals surface area contributed by atoms with Crippen molar-refractivity contribution in [3.63, 3.8) is 0 Å². The van der Waals surface area contributed by atoms with Crippen molar-refractivity contribution >= 4 is 5.69 Å². The highest BCUT2D eigenvalue weighted by atomic mass is 16.3. The number of nitrogen functional groups attached to an aromatic ring is 1. The van der Waals surface area contributed by atoms with Crippen molar-refractivity contribution < 1.29 is 5.11 Å². The molecule has 0 aliphatic carbocycles. The van der Waals surface area contributed by atoms with Gasteiger partial charge in [-0.25, -0.2) is 0 Å². The number of benzene rings is 2. The van der Waals surface area contributed by atoms with Crippen LogP contribution in [0.15, 0.2) is 54.6 Å². The number of anilines is 1. The first kappa shape index (κ1) is 15.2. The maximum Gasteiger partial charge on any atom is 0.178 e. The van der Waals surface area contributed by atoms with E-state index in [0.29, 0.717) is 11.3 Å². The summed E-state index contributed by atoms with van der Waals surface area (Å²) < 4.78 is 0. The van der Waals surface area contributed by atoms with Crippen molar-refractivity contribution in [2.24, 2.45) is 5.41 Å². The van der Waals surface area contributed by atoms with Gasteiger partial charge in [0.1, 0.15) is 0 Å². The summed E-state index contributed by atoms with van der Waals surface area (Å²) in [6.45, 7) is 6.04. The topological polar surface area (TPSA) is 46.2 Å². The molecule has 0 fully saturated rings. The first-order valence-electron chi connectivity index (χ1n) is 7.00. The number of para-hydroxylation sites is 1. The van der Waals surface area contributed by atoms with E-state index in [1.54, 1.807) is 6.07 Å². The third-order valence-electron chi connectivity index (χ3n) is 3.16. The van der Waals surface area contributed by atoms with Gasteiger partial charge in [-0.15, -0.1) is 0 Å². The molecule has 0 heterocycles. The zero-order chi connectivity index (χ0) is 15.5. The van der Waals surface area contributed by atoms with Crippen LogP contribution in [0.25, 0.3) is 0 Å². The fourth-order valence-corrected chi connectivity index (χ4v) is 2.08. The second kappa shape index (κ2) is 5.63. The van der Waals surface area contributed by atoms with Gasteiger partial charge >= 0.3 is 0 Å². The summed E-state index contributed by atoms with van der Waals surface area (Å²) in [4.78, 5) is 0. The summed E-state index contributed by atoms with van der Waals surface area (Å²) in [6.07, 6.45) is 0. The van der Waals surface area contributed by atoms with Crippen LogP contribution in [-0.4, -0.2) is 5.11 Å². The van der Waals surface area contributed by atoms with Gasteiger partial charge in [0.2, 0.25) is 0 Å². The molecule has 21 heavy (non-hydrogen) atoms. The molecule has 0 saturated carbocycles. The zero-order valence-corrected chi connectivity index (χ0v) is 12.7. The Bertz CT molecular complexity index is 674. The lowest BCUT2D eigenvalue weighted by molar-refractivity contribution is 0.145. The Kier molecular flexibility index (Phi) is 4.06. The van der Waals surface area contributed by atoms with Gasteiger partial charge in [-0.3, -0.25) is 0 Å². The van der Waals surface area contributed by atoms with E-state index < -0.39 is 5.60 Å². The van der Waals surface area contributed by atoms with E-state index in [0.717, 1.165) is 5.56 Å². The molecular formula is C19H21NO. The van der Waals surface area contributed by atoms with Gasteiger partial charge < -0.3 is 10.8 Å². The van der Waals surface area contributed by atoms with Crippen LogP contribution in [0.1, 0.15) is 31.9 Å². The predicted octanol–water partition coefficient (Wildman–Crippen LogP) is 3.55. The molecule has 2 aromatic carbocycles. The van der Waals surface area contributed by atoms with Gasteiger partial charge in [-0.05, 0) is 26.8 Å². The first-order valence-corrected chi connectivity index (χ1v) is 7.00. The lowest BCUT2D eigenvalue weighted by atomic mass is 9.84. The number of hydrogen-bond donors (Lipinski definition) is 2. The third kappa shape index (κ3) is 3.45. The van der Waals surface area contributed by atoms with Gasteiger partial charge in [0.15, 0.2) is 5.60 Å². The molecule has 2 heteroatoms. The molecule has 108 valence electrons. The van der Waals surface area contributed by atoms with Crippen LogP contribution in [0.2, 0.25) is 0 Å². The van der Waals surface area contributed by atoms with Crippen LogP contribution < -0.4 is 5.73 Å². The fraction of sp³-hybridized carbons (Fsp3) is 0.263. The normalized spacial score (nSPS) is 13.9. The smallest absolute Gasteiger partial charge is 0.178 e. The highest BCUT2D eigenvalue weighted by molar-refractivity contribution is 5.57. The summed E-state index contributed by atoms with van der Waals surface area (Å²) in [5, 5.41) is 11.2. The molecule has 0 spiro atoms. The zero-order valence-electron chi connectivity index (χ0n) is 12.7. The molecule has 2 rings (SSSR count). The highest BCUT2D eigenvalue weighted by Gasteiger charge is 2.31. The minimum absolute atomic E-state index is 0.202. The number of nitrogens with two attached hydrogens (primary N) is 1. The standard InChI is InChI=1S/C19H21NO/c1-18(2,3)13-14-19(21,15-9-5-4-6-10-15)16-11-7-8-12-17(16)20/h4-12,21H,20H2,1-3H3. The Balaban J connectivity index is 2.65. The second-order valence-corrected chi connectivity index (χ2v) is 6.16. The Labute approximate surface area is 126 Å². The van der Waals surface area contributed by atoms with Gasteiger partial charge in [0.25, 0.3) is 0 Å². The van der Waals surface area contributed by atoms with Crippen LogP contribution in [-0.2, 0) is 5.60 Å². The Morgan fingerprint density at radius 3 is 2.00 bits per heavy atom. The Hall–Kier alpha value is -2.24. The van der Waals surface area contributed by atoms with Gasteiger partial charge in [-0.1, -0.05) is 60.4 Å². The van der Waals surface area contributed by atoms with E-state index >= 15 is 0 Å². The SMILES string of the molecule is CC(C)(C)C#CC(O)(c1ccccc1)c1ccccc1N. The lowest BCUT2D eigenvalue weighted by Crippen LogP contribution is -2.27. The molecule has 0 radical (unpaired) electrons. The summed E-state index contributed by atoms with van der Waals surface area (Å²) >= 11 is 0.